The molecule has 0 aliphatic carbocycles. The normalized spacial score (nSPS) is 12.3. The predicted octanol–water partition coefficient (Wildman–Crippen LogP) is 4.77. The Morgan fingerprint density at radius 2 is 1.93 bits per heavy atom. The van der Waals surface area contributed by atoms with Crippen LogP contribution in [-0.2, 0) is 0 Å². The van der Waals surface area contributed by atoms with Crippen LogP contribution in [0.2, 0.25) is 0 Å². The van der Waals surface area contributed by atoms with Crippen molar-refractivity contribution in [2.45, 2.75) is 10.1 Å². The van der Waals surface area contributed by atoms with Gasteiger partial charge in [0.2, 0.25) is 0 Å². The molecule has 0 aliphatic rings. The maximum Gasteiger partial charge on any atom is 0.0615 e. The number of benzene rings is 1. The highest BCUT2D eigenvalue weighted by Crippen LogP contribution is 2.37. The fraction of sp³-hybridized carbons (Fsp3) is 0.0769. The molecule has 0 unspecified atom stereocenters. The smallest absolute Gasteiger partial charge is 0.0615 e. The molecule has 0 saturated heterocycles. The second-order valence-corrected chi connectivity index (χ2v) is 5.30. The minimum Gasteiger partial charge on any atom is -0.147 e. The monoisotopic (exact) mass is 232 g/mol. The topological polar surface area (TPSA) is 0 Å². The van der Waals surface area contributed by atoms with Crippen molar-refractivity contribution >= 4 is 23.1 Å². The molecule has 15 heavy (non-hydrogen) atoms. The molecule has 0 nitrogen and oxygen atoms in total. The lowest BCUT2D eigenvalue weighted by Gasteiger charge is -2.09. The van der Waals surface area contributed by atoms with Crippen molar-refractivity contribution in [1.29, 1.82) is 0 Å². The molecular weight excluding hydrogens is 220 g/mol. The molecule has 0 spiro atoms. The highest BCUT2D eigenvalue weighted by molar-refractivity contribution is 7.99. The number of rotatable bonds is 4. The number of thioether (sulfide) groups is 1. The van der Waals surface area contributed by atoms with Crippen molar-refractivity contribution < 1.29 is 0 Å². The fourth-order valence-electron chi connectivity index (χ4n) is 1.32. The number of hydrogen-bond acceptors (Lipinski definition) is 2. The van der Waals surface area contributed by atoms with E-state index < -0.39 is 0 Å². The first-order valence-electron chi connectivity index (χ1n) is 4.78. The Bertz CT molecular complexity index is 403. The molecule has 1 aromatic carbocycles. The van der Waals surface area contributed by atoms with E-state index in [1.807, 2.05) is 23.9 Å². The SMILES string of the molecule is C=C[C@H](Sc1ccccc1)c1cccs1. The standard InChI is InChI=1S/C13H12S2/c1-2-12(13-9-6-10-14-13)15-11-7-4-3-5-8-11/h2-10,12H,1H2/t12-/m0/s1. The van der Waals surface area contributed by atoms with E-state index in [1.54, 1.807) is 11.3 Å². The third kappa shape index (κ3) is 2.74. The lowest BCUT2D eigenvalue weighted by atomic mass is 10.3. The van der Waals surface area contributed by atoms with E-state index in [-0.39, 0.29) is 0 Å². The summed E-state index contributed by atoms with van der Waals surface area (Å²) in [5.74, 6) is 0. The average Bonchev–Trinajstić information content (AvgIpc) is 2.81. The summed E-state index contributed by atoms with van der Waals surface area (Å²) in [7, 11) is 0. The van der Waals surface area contributed by atoms with Crippen molar-refractivity contribution in [3.8, 4) is 0 Å². The Morgan fingerprint density at radius 1 is 1.13 bits per heavy atom. The van der Waals surface area contributed by atoms with Crippen LogP contribution in [0.4, 0.5) is 0 Å². The van der Waals surface area contributed by atoms with Gasteiger partial charge in [-0.1, -0.05) is 30.3 Å². The van der Waals surface area contributed by atoms with Gasteiger partial charge in [0.05, 0.1) is 5.25 Å². The van der Waals surface area contributed by atoms with Crippen molar-refractivity contribution in [3.05, 3.63) is 65.4 Å². The van der Waals surface area contributed by atoms with Gasteiger partial charge in [0.25, 0.3) is 0 Å². The van der Waals surface area contributed by atoms with Gasteiger partial charge in [0.1, 0.15) is 0 Å². The second kappa shape index (κ2) is 5.19. The minimum absolute atomic E-state index is 0.368. The third-order valence-electron chi connectivity index (χ3n) is 2.04. The summed E-state index contributed by atoms with van der Waals surface area (Å²) in [5.41, 5.74) is 0. The Morgan fingerprint density at radius 3 is 2.53 bits per heavy atom. The Hall–Kier alpha value is -0.990. The zero-order chi connectivity index (χ0) is 10.5. The number of thiophene rings is 1. The summed E-state index contributed by atoms with van der Waals surface area (Å²) in [4.78, 5) is 2.65. The molecule has 0 amide bonds. The molecule has 0 fully saturated rings. The minimum atomic E-state index is 0.368. The molecule has 1 atom stereocenters. The van der Waals surface area contributed by atoms with Crippen molar-refractivity contribution in [3.63, 3.8) is 0 Å². The van der Waals surface area contributed by atoms with E-state index in [0.29, 0.717) is 5.25 Å². The quantitative estimate of drug-likeness (QED) is 0.540. The van der Waals surface area contributed by atoms with Gasteiger partial charge in [0.15, 0.2) is 0 Å². The molecule has 0 bridgehead atoms. The first-order chi connectivity index (χ1) is 7.40. The van der Waals surface area contributed by atoms with Crippen molar-refractivity contribution in [1.82, 2.24) is 0 Å². The molecule has 1 heterocycles. The average molecular weight is 232 g/mol. The van der Waals surface area contributed by atoms with Gasteiger partial charge in [-0.25, -0.2) is 0 Å². The van der Waals surface area contributed by atoms with Gasteiger partial charge in [-0.3, -0.25) is 0 Å². The second-order valence-electron chi connectivity index (χ2n) is 3.10. The summed E-state index contributed by atoms with van der Waals surface area (Å²) < 4.78 is 0. The van der Waals surface area contributed by atoms with Crippen LogP contribution >= 0.6 is 23.1 Å². The lowest BCUT2D eigenvalue weighted by molar-refractivity contribution is 1.28. The van der Waals surface area contributed by atoms with E-state index in [1.165, 1.54) is 9.77 Å². The zero-order valence-electron chi connectivity index (χ0n) is 8.30. The summed E-state index contributed by atoms with van der Waals surface area (Å²) in [6.45, 7) is 3.90. The van der Waals surface area contributed by atoms with Crippen LogP contribution in [0.1, 0.15) is 10.1 Å². The van der Waals surface area contributed by atoms with Crippen LogP contribution in [0.5, 0.6) is 0 Å². The van der Waals surface area contributed by atoms with Gasteiger partial charge in [-0.05, 0) is 23.6 Å². The zero-order valence-corrected chi connectivity index (χ0v) is 9.93. The van der Waals surface area contributed by atoms with Gasteiger partial charge in [0, 0.05) is 9.77 Å². The molecule has 2 rings (SSSR count). The van der Waals surface area contributed by atoms with Gasteiger partial charge in [-0.2, -0.15) is 0 Å². The Kier molecular flexibility index (Phi) is 3.64. The Balaban J connectivity index is 2.13. The van der Waals surface area contributed by atoms with Gasteiger partial charge in [-0.15, -0.1) is 29.7 Å². The van der Waals surface area contributed by atoms with Crippen molar-refractivity contribution in [2.75, 3.05) is 0 Å². The van der Waals surface area contributed by atoms with E-state index in [0.717, 1.165) is 0 Å². The fourth-order valence-corrected chi connectivity index (χ4v) is 3.23. The van der Waals surface area contributed by atoms with Gasteiger partial charge >= 0.3 is 0 Å². The van der Waals surface area contributed by atoms with E-state index in [9.17, 15) is 0 Å². The summed E-state index contributed by atoms with van der Waals surface area (Å²) >= 11 is 3.62. The highest BCUT2D eigenvalue weighted by atomic mass is 32.2. The third-order valence-corrected chi connectivity index (χ3v) is 4.39. The highest BCUT2D eigenvalue weighted by Gasteiger charge is 2.09. The molecule has 2 heteroatoms. The Labute approximate surface area is 98.7 Å². The van der Waals surface area contributed by atoms with Crippen LogP contribution in [0.25, 0.3) is 0 Å². The maximum absolute atomic E-state index is 3.90. The summed E-state index contributed by atoms with van der Waals surface area (Å²) in [6, 6.07) is 14.7. The summed E-state index contributed by atoms with van der Waals surface area (Å²) in [5, 5.41) is 2.48. The van der Waals surface area contributed by atoms with Crippen LogP contribution in [0, 0.1) is 0 Å². The molecule has 76 valence electrons. The number of hydrogen-bond donors (Lipinski definition) is 0. The van der Waals surface area contributed by atoms with E-state index in [2.05, 4.69) is 48.4 Å². The van der Waals surface area contributed by atoms with Crippen LogP contribution in [0.15, 0.2) is 65.4 Å². The molecule has 0 aliphatic heterocycles. The molecule has 0 saturated carbocycles. The molecule has 2 aromatic rings. The van der Waals surface area contributed by atoms with Crippen LogP contribution in [-0.4, -0.2) is 0 Å². The lowest BCUT2D eigenvalue weighted by Crippen LogP contribution is -1.84. The van der Waals surface area contributed by atoms with E-state index in [4.69, 9.17) is 0 Å². The first kappa shape index (κ1) is 10.5. The van der Waals surface area contributed by atoms with Crippen molar-refractivity contribution in [2.24, 2.45) is 0 Å². The van der Waals surface area contributed by atoms with Crippen LogP contribution in [0.3, 0.4) is 0 Å². The predicted molar refractivity (Wildman–Crippen MR) is 69.6 cm³/mol. The molecule has 0 radical (unpaired) electrons. The van der Waals surface area contributed by atoms with E-state index >= 15 is 0 Å². The maximum atomic E-state index is 3.90. The molecular formula is C13H12S2. The molecule has 0 N–H and O–H groups in total. The molecule has 1 aromatic heterocycles. The largest absolute Gasteiger partial charge is 0.147 e. The summed E-state index contributed by atoms with van der Waals surface area (Å²) in [6.07, 6.45) is 2.00. The van der Waals surface area contributed by atoms with Crippen LogP contribution < -0.4 is 0 Å². The van der Waals surface area contributed by atoms with Gasteiger partial charge < -0.3 is 0 Å². The first-order valence-corrected chi connectivity index (χ1v) is 6.54.